The van der Waals surface area contributed by atoms with Crippen molar-refractivity contribution in [3.05, 3.63) is 88.6 Å². The maximum absolute atomic E-state index is 12.1. The highest BCUT2D eigenvalue weighted by Gasteiger charge is 2.09. The van der Waals surface area contributed by atoms with Crippen LogP contribution in [0.25, 0.3) is 0 Å². The molecule has 0 unspecified atom stereocenters. The second kappa shape index (κ2) is 8.36. The lowest BCUT2D eigenvalue weighted by molar-refractivity contribution is 0.0951. The monoisotopic (exact) mass is 367 g/mol. The van der Waals surface area contributed by atoms with Gasteiger partial charge in [0.05, 0.1) is 5.56 Å². The minimum absolute atomic E-state index is 0.216. The van der Waals surface area contributed by atoms with Crippen LogP contribution >= 0.6 is 11.6 Å². The summed E-state index contributed by atoms with van der Waals surface area (Å²) in [5.41, 5.74) is 7.95. The third-order valence-electron chi connectivity index (χ3n) is 3.81. The summed E-state index contributed by atoms with van der Waals surface area (Å²) in [6.45, 7) is 0.786. The van der Waals surface area contributed by atoms with Gasteiger partial charge in [-0.2, -0.15) is 0 Å². The largest absolute Gasteiger partial charge is 0.489 e. The zero-order chi connectivity index (χ0) is 18.4. The molecular formula is C20H18ClN3O2. The van der Waals surface area contributed by atoms with Gasteiger partial charge in [0, 0.05) is 23.3 Å². The molecule has 1 amide bonds. The van der Waals surface area contributed by atoms with Gasteiger partial charge in [-0.05, 0) is 35.9 Å². The quantitative estimate of drug-likeness (QED) is 0.694. The molecule has 0 radical (unpaired) electrons. The Hall–Kier alpha value is -3.05. The van der Waals surface area contributed by atoms with Crippen LogP contribution in [0.1, 0.15) is 21.5 Å². The van der Waals surface area contributed by atoms with Crippen molar-refractivity contribution in [3.8, 4) is 5.75 Å². The maximum Gasteiger partial charge on any atom is 0.255 e. The molecule has 0 saturated carbocycles. The van der Waals surface area contributed by atoms with E-state index in [4.69, 9.17) is 22.1 Å². The van der Waals surface area contributed by atoms with Crippen molar-refractivity contribution in [1.29, 1.82) is 0 Å². The maximum atomic E-state index is 12.1. The Morgan fingerprint density at radius 2 is 1.85 bits per heavy atom. The van der Waals surface area contributed by atoms with E-state index in [1.807, 2.05) is 48.5 Å². The second-order valence-corrected chi connectivity index (χ2v) is 6.05. The summed E-state index contributed by atoms with van der Waals surface area (Å²) in [6.07, 6.45) is 1.55. The molecule has 0 aliphatic carbocycles. The molecule has 26 heavy (non-hydrogen) atoms. The third-order valence-corrected chi connectivity index (χ3v) is 4.18. The van der Waals surface area contributed by atoms with Gasteiger partial charge in [-0.15, -0.1) is 0 Å². The summed E-state index contributed by atoms with van der Waals surface area (Å²) in [7, 11) is 0. The standard InChI is InChI=1S/C20H18ClN3O2/c21-18-6-2-1-4-15(18)13-26-16-9-7-14(8-10-16)12-24-20(25)17-5-3-11-23-19(17)22/h1-11H,12-13H2,(H2,22,23)(H,24,25). The first-order valence-corrected chi connectivity index (χ1v) is 8.45. The Morgan fingerprint density at radius 3 is 2.58 bits per heavy atom. The molecule has 3 aromatic rings. The van der Waals surface area contributed by atoms with Crippen molar-refractivity contribution in [2.75, 3.05) is 5.73 Å². The summed E-state index contributed by atoms with van der Waals surface area (Å²) < 4.78 is 5.74. The minimum atomic E-state index is -0.255. The van der Waals surface area contributed by atoms with Crippen LogP contribution in [0.5, 0.6) is 5.75 Å². The fourth-order valence-corrected chi connectivity index (χ4v) is 2.56. The first-order chi connectivity index (χ1) is 12.6. The van der Waals surface area contributed by atoms with Gasteiger partial charge < -0.3 is 15.8 Å². The molecule has 1 heterocycles. The Morgan fingerprint density at radius 1 is 1.08 bits per heavy atom. The molecule has 3 N–H and O–H groups in total. The number of anilines is 1. The molecule has 3 rings (SSSR count). The van der Waals surface area contributed by atoms with Crippen LogP contribution in [0.15, 0.2) is 66.9 Å². The van der Waals surface area contributed by atoms with Crippen LogP contribution in [-0.2, 0) is 13.2 Å². The van der Waals surface area contributed by atoms with Gasteiger partial charge in [-0.25, -0.2) is 4.98 Å². The highest BCUT2D eigenvalue weighted by molar-refractivity contribution is 6.31. The van der Waals surface area contributed by atoms with E-state index in [1.54, 1.807) is 18.3 Å². The van der Waals surface area contributed by atoms with E-state index in [1.165, 1.54) is 0 Å². The first kappa shape index (κ1) is 17.8. The van der Waals surface area contributed by atoms with Crippen molar-refractivity contribution in [2.45, 2.75) is 13.2 Å². The molecule has 0 aliphatic heterocycles. The van der Waals surface area contributed by atoms with Crippen LogP contribution in [0.2, 0.25) is 5.02 Å². The fourth-order valence-electron chi connectivity index (χ4n) is 2.37. The highest BCUT2D eigenvalue weighted by Crippen LogP contribution is 2.19. The number of carbonyl (C=O) groups is 1. The number of rotatable bonds is 6. The number of aromatic nitrogens is 1. The average Bonchev–Trinajstić information content (AvgIpc) is 2.67. The number of hydrogen-bond donors (Lipinski definition) is 2. The molecule has 0 fully saturated rings. The Labute approximate surface area is 156 Å². The van der Waals surface area contributed by atoms with E-state index in [2.05, 4.69) is 10.3 Å². The molecule has 0 saturated heterocycles. The van der Waals surface area contributed by atoms with Crippen LogP contribution in [0.4, 0.5) is 5.82 Å². The highest BCUT2D eigenvalue weighted by atomic mass is 35.5. The predicted molar refractivity (Wildman–Crippen MR) is 102 cm³/mol. The van der Waals surface area contributed by atoms with Crippen LogP contribution < -0.4 is 15.8 Å². The number of carbonyl (C=O) groups excluding carboxylic acids is 1. The van der Waals surface area contributed by atoms with E-state index in [0.29, 0.717) is 23.7 Å². The van der Waals surface area contributed by atoms with Gasteiger partial charge in [0.25, 0.3) is 5.91 Å². The predicted octanol–water partition coefficient (Wildman–Crippen LogP) is 3.83. The number of benzene rings is 2. The SMILES string of the molecule is Nc1ncccc1C(=O)NCc1ccc(OCc2ccccc2Cl)cc1. The fraction of sp³-hybridized carbons (Fsp3) is 0.100. The van der Waals surface area contributed by atoms with Crippen molar-refractivity contribution in [1.82, 2.24) is 10.3 Å². The lowest BCUT2D eigenvalue weighted by atomic mass is 10.2. The Bertz CT molecular complexity index is 898. The first-order valence-electron chi connectivity index (χ1n) is 8.07. The van der Waals surface area contributed by atoms with Crippen molar-refractivity contribution in [3.63, 3.8) is 0 Å². The number of nitrogens with two attached hydrogens (primary N) is 1. The van der Waals surface area contributed by atoms with Crippen molar-refractivity contribution < 1.29 is 9.53 Å². The summed E-state index contributed by atoms with van der Waals surface area (Å²) >= 11 is 6.11. The molecular weight excluding hydrogens is 350 g/mol. The third kappa shape index (κ3) is 4.52. The number of nitrogens with zero attached hydrogens (tertiary/aromatic N) is 1. The summed E-state index contributed by atoms with van der Waals surface area (Å²) in [4.78, 5) is 16.0. The minimum Gasteiger partial charge on any atom is -0.489 e. The number of nitrogens with one attached hydrogen (secondary N) is 1. The van der Waals surface area contributed by atoms with Gasteiger partial charge in [-0.3, -0.25) is 4.79 Å². The molecule has 5 nitrogen and oxygen atoms in total. The Kier molecular flexibility index (Phi) is 5.71. The average molecular weight is 368 g/mol. The van der Waals surface area contributed by atoms with E-state index < -0.39 is 0 Å². The van der Waals surface area contributed by atoms with Gasteiger partial charge >= 0.3 is 0 Å². The Balaban J connectivity index is 1.54. The van der Waals surface area contributed by atoms with Crippen molar-refractivity contribution in [2.24, 2.45) is 0 Å². The van der Waals surface area contributed by atoms with Crippen LogP contribution in [-0.4, -0.2) is 10.9 Å². The molecule has 2 aromatic carbocycles. The normalized spacial score (nSPS) is 10.3. The molecule has 6 heteroatoms. The number of pyridine rings is 1. The molecule has 0 atom stereocenters. The second-order valence-electron chi connectivity index (χ2n) is 5.64. The molecule has 0 aliphatic rings. The van der Waals surface area contributed by atoms with E-state index in [-0.39, 0.29) is 11.7 Å². The lowest BCUT2D eigenvalue weighted by Gasteiger charge is -2.09. The number of amides is 1. The van der Waals surface area contributed by atoms with Gasteiger partial charge in [0.15, 0.2) is 0 Å². The van der Waals surface area contributed by atoms with E-state index in [9.17, 15) is 4.79 Å². The molecule has 132 valence electrons. The summed E-state index contributed by atoms with van der Waals surface area (Å²) in [6, 6.07) is 18.4. The molecule has 0 bridgehead atoms. The number of hydrogen-bond acceptors (Lipinski definition) is 4. The van der Waals surface area contributed by atoms with Crippen LogP contribution in [0, 0.1) is 0 Å². The number of ether oxygens (including phenoxy) is 1. The number of halogens is 1. The topological polar surface area (TPSA) is 77.2 Å². The van der Waals surface area contributed by atoms with Gasteiger partial charge in [-0.1, -0.05) is 41.9 Å². The van der Waals surface area contributed by atoms with Gasteiger partial charge in [0.1, 0.15) is 18.2 Å². The summed E-state index contributed by atoms with van der Waals surface area (Å²) in [5, 5.41) is 3.51. The van der Waals surface area contributed by atoms with Crippen LogP contribution in [0.3, 0.4) is 0 Å². The zero-order valence-electron chi connectivity index (χ0n) is 14.0. The zero-order valence-corrected chi connectivity index (χ0v) is 14.7. The van der Waals surface area contributed by atoms with Crippen molar-refractivity contribution >= 4 is 23.3 Å². The number of nitrogen functional groups attached to an aromatic ring is 1. The lowest BCUT2D eigenvalue weighted by Crippen LogP contribution is -2.24. The smallest absolute Gasteiger partial charge is 0.255 e. The summed E-state index contributed by atoms with van der Waals surface area (Å²) in [5.74, 6) is 0.694. The molecule has 1 aromatic heterocycles. The van der Waals surface area contributed by atoms with E-state index in [0.717, 1.165) is 16.9 Å². The van der Waals surface area contributed by atoms with E-state index >= 15 is 0 Å². The molecule has 0 spiro atoms. The van der Waals surface area contributed by atoms with Gasteiger partial charge in [0.2, 0.25) is 0 Å².